The molecule has 154 valence electrons. The molecule has 7 heteroatoms. The van der Waals surface area contributed by atoms with Gasteiger partial charge in [0, 0.05) is 12.6 Å². The summed E-state index contributed by atoms with van der Waals surface area (Å²) < 4.78 is 7.39. The van der Waals surface area contributed by atoms with Gasteiger partial charge in [-0.15, -0.1) is 0 Å². The van der Waals surface area contributed by atoms with E-state index in [4.69, 9.17) is 9.72 Å². The number of hydrogen-bond acceptors (Lipinski definition) is 5. The van der Waals surface area contributed by atoms with Crippen molar-refractivity contribution >= 4 is 33.5 Å². The zero-order valence-electron chi connectivity index (χ0n) is 17.5. The second-order valence-corrected chi connectivity index (χ2v) is 8.35. The maximum Gasteiger partial charge on any atom is 0.412 e. The van der Waals surface area contributed by atoms with Crippen LogP contribution in [0.25, 0.3) is 21.6 Å². The smallest absolute Gasteiger partial charge is 0.412 e. The largest absolute Gasteiger partial charge is 0.444 e. The van der Waals surface area contributed by atoms with Gasteiger partial charge in [0.05, 0.1) is 23.1 Å². The number of rotatable bonds is 5. The van der Waals surface area contributed by atoms with Crippen LogP contribution in [0.15, 0.2) is 42.7 Å². The van der Waals surface area contributed by atoms with Crippen molar-refractivity contribution in [1.82, 2.24) is 14.5 Å². The Bertz CT molecular complexity index is 1230. The van der Waals surface area contributed by atoms with Gasteiger partial charge in [-0.3, -0.25) is 5.32 Å². The Morgan fingerprint density at radius 2 is 2.03 bits per heavy atom. The van der Waals surface area contributed by atoms with Crippen molar-refractivity contribution in [3.8, 4) is 10.6 Å². The van der Waals surface area contributed by atoms with Crippen molar-refractivity contribution in [3.05, 3.63) is 65.1 Å². The van der Waals surface area contributed by atoms with Gasteiger partial charge in [0.25, 0.3) is 0 Å². The SMILES string of the molecule is CCc1nc(-c2ccc(C)cc2C)sc1NC(=O)OCc1ccc2c(c1)ncn2C. The number of benzene rings is 2. The fourth-order valence-electron chi connectivity index (χ4n) is 3.41. The van der Waals surface area contributed by atoms with Gasteiger partial charge in [0.15, 0.2) is 0 Å². The molecule has 0 saturated carbocycles. The monoisotopic (exact) mass is 420 g/mol. The first-order valence-corrected chi connectivity index (χ1v) is 10.7. The van der Waals surface area contributed by atoms with Crippen LogP contribution in [0.4, 0.5) is 9.80 Å². The second kappa shape index (κ2) is 8.28. The average Bonchev–Trinajstić information content (AvgIpc) is 3.29. The van der Waals surface area contributed by atoms with E-state index in [2.05, 4.69) is 42.3 Å². The number of anilines is 1. The molecule has 0 saturated heterocycles. The minimum Gasteiger partial charge on any atom is -0.444 e. The minimum atomic E-state index is -0.485. The fraction of sp³-hybridized carbons (Fsp3) is 0.261. The molecule has 0 fully saturated rings. The third kappa shape index (κ3) is 4.07. The molecule has 2 heterocycles. The molecule has 30 heavy (non-hydrogen) atoms. The van der Waals surface area contributed by atoms with Crippen molar-refractivity contribution in [1.29, 1.82) is 0 Å². The first kappa shape index (κ1) is 20.1. The van der Waals surface area contributed by atoms with Crippen molar-refractivity contribution in [3.63, 3.8) is 0 Å². The number of aromatic nitrogens is 3. The number of fused-ring (bicyclic) bond motifs is 1. The average molecular weight is 421 g/mol. The van der Waals surface area contributed by atoms with Gasteiger partial charge in [-0.2, -0.15) is 0 Å². The molecule has 0 spiro atoms. The number of carbonyl (C=O) groups excluding carboxylic acids is 1. The van der Waals surface area contributed by atoms with Gasteiger partial charge in [0.2, 0.25) is 0 Å². The molecule has 0 radical (unpaired) electrons. The molecule has 2 aromatic carbocycles. The molecule has 4 rings (SSSR count). The Morgan fingerprint density at radius 3 is 2.80 bits per heavy atom. The molecule has 1 amide bonds. The van der Waals surface area contributed by atoms with Crippen LogP contribution in [0, 0.1) is 13.8 Å². The summed E-state index contributed by atoms with van der Waals surface area (Å²) in [6, 6.07) is 12.2. The number of nitrogens with zero attached hydrogens (tertiary/aromatic N) is 3. The molecule has 0 aliphatic heterocycles. The van der Waals surface area contributed by atoms with Crippen LogP contribution in [-0.4, -0.2) is 20.6 Å². The van der Waals surface area contributed by atoms with Crippen LogP contribution in [0.5, 0.6) is 0 Å². The van der Waals surface area contributed by atoms with Gasteiger partial charge >= 0.3 is 6.09 Å². The zero-order chi connectivity index (χ0) is 21.3. The first-order valence-electron chi connectivity index (χ1n) is 9.85. The molecular formula is C23H24N4O2S. The maximum absolute atomic E-state index is 12.4. The summed E-state index contributed by atoms with van der Waals surface area (Å²) >= 11 is 1.48. The molecular weight excluding hydrogens is 396 g/mol. The normalized spacial score (nSPS) is 11.1. The van der Waals surface area contributed by atoms with Crippen LogP contribution in [0.1, 0.15) is 29.3 Å². The van der Waals surface area contributed by atoms with Crippen LogP contribution in [0.2, 0.25) is 0 Å². The number of amides is 1. The third-order valence-corrected chi connectivity index (χ3v) is 6.07. The number of ether oxygens (including phenoxy) is 1. The Morgan fingerprint density at radius 1 is 1.20 bits per heavy atom. The second-order valence-electron chi connectivity index (χ2n) is 7.35. The predicted octanol–water partition coefficient (Wildman–Crippen LogP) is 5.62. The van der Waals surface area contributed by atoms with Crippen LogP contribution in [-0.2, 0) is 24.8 Å². The van der Waals surface area contributed by atoms with Crippen LogP contribution >= 0.6 is 11.3 Å². The van der Waals surface area contributed by atoms with E-state index in [0.29, 0.717) is 0 Å². The van der Waals surface area contributed by atoms with E-state index < -0.39 is 6.09 Å². The standard InChI is InChI=1S/C23H24N4O2S/c1-5-18-22(30-21(25-18)17-8-6-14(2)10-15(17)3)26-23(28)29-12-16-7-9-20-19(11-16)24-13-27(20)4/h6-11,13H,5,12H2,1-4H3,(H,26,28). The number of imidazole rings is 1. The lowest BCUT2D eigenvalue weighted by Crippen LogP contribution is -2.13. The number of carbonyl (C=O) groups is 1. The fourth-order valence-corrected chi connectivity index (χ4v) is 4.54. The quantitative estimate of drug-likeness (QED) is 0.455. The Labute approximate surface area is 179 Å². The number of nitrogens with one attached hydrogen (secondary N) is 1. The van der Waals surface area contributed by atoms with Gasteiger partial charge in [-0.1, -0.05) is 48.1 Å². The van der Waals surface area contributed by atoms with E-state index in [1.165, 1.54) is 22.5 Å². The maximum atomic E-state index is 12.4. The Hall–Kier alpha value is -3.19. The summed E-state index contributed by atoms with van der Waals surface area (Å²) in [4.78, 5) is 21.5. The highest BCUT2D eigenvalue weighted by Gasteiger charge is 2.16. The lowest BCUT2D eigenvalue weighted by Gasteiger charge is -2.07. The van der Waals surface area contributed by atoms with E-state index in [9.17, 15) is 4.79 Å². The number of thiazole rings is 1. The third-order valence-electron chi connectivity index (χ3n) is 5.02. The van der Waals surface area contributed by atoms with E-state index in [1.807, 2.05) is 36.7 Å². The van der Waals surface area contributed by atoms with Gasteiger partial charge in [-0.05, 0) is 43.5 Å². The van der Waals surface area contributed by atoms with Gasteiger partial charge in [-0.25, -0.2) is 14.8 Å². The molecule has 0 aliphatic carbocycles. The van der Waals surface area contributed by atoms with E-state index >= 15 is 0 Å². The topological polar surface area (TPSA) is 69.0 Å². The van der Waals surface area contributed by atoms with E-state index in [-0.39, 0.29) is 6.61 Å². The lowest BCUT2D eigenvalue weighted by molar-refractivity contribution is 0.155. The van der Waals surface area contributed by atoms with E-state index in [0.717, 1.165) is 44.3 Å². The van der Waals surface area contributed by atoms with Crippen molar-refractivity contribution < 1.29 is 9.53 Å². The number of aryl methyl sites for hydroxylation is 4. The number of hydrogen-bond donors (Lipinski definition) is 1. The zero-order valence-corrected chi connectivity index (χ0v) is 18.3. The molecule has 0 aliphatic rings. The van der Waals surface area contributed by atoms with Gasteiger partial charge in [0.1, 0.15) is 16.6 Å². The highest BCUT2D eigenvalue weighted by Crippen LogP contribution is 2.34. The molecule has 4 aromatic rings. The summed E-state index contributed by atoms with van der Waals surface area (Å²) in [6.45, 7) is 6.36. The summed E-state index contributed by atoms with van der Waals surface area (Å²) in [6.07, 6.45) is 2.01. The summed E-state index contributed by atoms with van der Waals surface area (Å²) in [5.41, 5.74) is 7.16. The Balaban J connectivity index is 1.46. The predicted molar refractivity (Wildman–Crippen MR) is 121 cm³/mol. The molecule has 2 aromatic heterocycles. The summed E-state index contributed by atoms with van der Waals surface area (Å²) in [7, 11) is 1.95. The van der Waals surface area contributed by atoms with Crippen molar-refractivity contribution in [2.24, 2.45) is 7.05 Å². The molecule has 6 nitrogen and oxygen atoms in total. The van der Waals surface area contributed by atoms with Gasteiger partial charge < -0.3 is 9.30 Å². The first-order chi connectivity index (χ1) is 14.4. The van der Waals surface area contributed by atoms with E-state index in [1.54, 1.807) is 6.33 Å². The molecule has 0 bridgehead atoms. The lowest BCUT2D eigenvalue weighted by atomic mass is 10.1. The highest BCUT2D eigenvalue weighted by atomic mass is 32.1. The molecule has 1 N–H and O–H groups in total. The molecule has 0 atom stereocenters. The summed E-state index contributed by atoms with van der Waals surface area (Å²) in [5.74, 6) is 0. The summed E-state index contributed by atoms with van der Waals surface area (Å²) in [5, 5.41) is 4.51. The Kier molecular flexibility index (Phi) is 5.55. The minimum absolute atomic E-state index is 0.183. The molecule has 0 unspecified atom stereocenters. The van der Waals surface area contributed by atoms with Crippen molar-refractivity contribution in [2.45, 2.75) is 33.8 Å². The van der Waals surface area contributed by atoms with Crippen molar-refractivity contribution in [2.75, 3.05) is 5.32 Å². The van der Waals surface area contributed by atoms with Crippen LogP contribution in [0.3, 0.4) is 0 Å². The van der Waals surface area contributed by atoms with Crippen LogP contribution < -0.4 is 5.32 Å². The highest BCUT2D eigenvalue weighted by molar-refractivity contribution is 7.19.